The first kappa shape index (κ1) is 25.3. The summed E-state index contributed by atoms with van der Waals surface area (Å²) in [6.07, 6.45) is 3.74. The number of hydrogen-bond donors (Lipinski definition) is 0. The van der Waals surface area contributed by atoms with Crippen LogP contribution in [0.25, 0.3) is 10.9 Å². The molecule has 2 heterocycles. The highest BCUT2D eigenvalue weighted by Crippen LogP contribution is 2.52. The summed E-state index contributed by atoms with van der Waals surface area (Å²) >= 11 is 12.4. The Morgan fingerprint density at radius 2 is 1.84 bits per heavy atom. The maximum absolute atomic E-state index is 6.42. The Labute approximate surface area is 202 Å². The summed E-state index contributed by atoms with van der Waals surface area (Å²) in [7, 11) is 4.56. The van der Waals surface area contributed by atoms with E-state index in [4.69, 9.17) is 37.0 Å². The summed E-state index contributed by atoms with van der Waals surface area (Å²) in [5, 5.41) is 2.39. The highest BCUT2D eigenvalue weighted by atomic mass is 35.5. The average Bonchev–Trinajstić information content (AvgIpc) is 3.16. The lowest BCUT2D eigenvalue weighted by atomic mass is 10.1. The van der Waals surface area contributed by atoms with Crippen LogP contribution in [-0.4, -0.2) is 43.6 Å². The van der Waals surface area contributed by atoms with Crippen molar-refractivity contribution in [1.82, 2.24) is 9.24 Å². The highest BCUT2D eigenvalue weighted by molar-refractivity contribution is 7.45. The number of aromatic nitrogens is 1. The predicted molar refractivity (Wildman–Crippen MR) is 135 cm³/mol. The Kier molecular flexibility index (Phi) is 9.24. The molecule has 1 aromatic heterocycles. The van der Waals surface area contributed by atoms with E-state index in [1.165, 1.54) is 10.9 Å². The smallest absolute Gasteiger partial charge is 0.294 e. The lowest BCUT2D eigenvalue weighted by molar-refractivity contribution is 0.105. The van der Waals surface area contributed by atoms with Gasteiger partial charge < -0.3 is 18.7 Å². The van der Waals surface area contributed by atoms with Crippen molar-refractivity contribution in [2.45, 2.75) is 32.8 Å². The van der Waals surface area contributed by atoms with Crippen molar-refractivity contribution in [1.29, 1.82) is 0 Å². The number of benzene rings is 2. The third-order valence-electron chi connectivity index (χ3n) is 5.13. The van der Waals surface area contributed by atoms with E-state index in [1.54, 1.807) is 13.2 Å². The maximum atomic E-state index is 6.42. The molecule has 5 nitrogen and oxygen atoms in total. The molecule has 0 aliphatic carbocycles. The molecule has 32 heavy (non-hydrogen) atoms. The highest BCUT2D eigenvalue weighted by Gasteiger charge is 2.29. The van der Waals surface area contributed by atoms with Crippen LogP contribution >= 0.6 is 31.7 Å². The quantitative estimate of drug-likeness (QED) is 0.334. The van der Waals surface area contributed by atoms with Gasteiger partial charge in [0.25, 0.3) is 8.53 Å². The molecule has 1 aliphatic rings. The monoisotopic (exact) mass is 496 g/mol. The van der Waals surface area contributed by atoms with Crippen LogP contribution in [-0.2, 0) is 15.5 Å². The molecular formula is C24H31Cl2N2O3P. The molecule has 2 aromatic carbocycles. The zero-order chi connectivity index (χ0) is 23.3. The molecule has 1 fully saturated rings. The molecular weight excluding hydrogens is 466 g/mol. The van der Waals surface area contributed by atoms with Crippen molar-refractivity contribution in [3.63, 3.8) is 0 Å². The Balaban J connectivity index is 0.00000141. The molecule has 0 radical (unpaired) electrons. The van der Waals surface area contributed by atoms with Crippen LogP contribution in [0.5, 0.6) is 5.75 Å². The maximum Gasteiger partial charge on any atom is 0.294 e. The van der Waals surface area contributed by atoms with E-state index >= 15 is 0 Å². The van der Waals surface area contributed by atoms with Gasteiger partial charge in [-0.25, -0.2) is 0 Å². The molecule has 1 aliphatic heterocycles. The molecule has 0 amide bonds. The van der Waals surface area contributed by atoms with Crippen molar-refractivity contribution in [2.75, 3.05) is 34.4 Å². The van der Waals surface area contributed by atoms with E-state index in [0.29, 0.717) is 16.7 Å². The second-order valence-electron chi connectivity index (χ2n) is 7.59. The number of likely N-dealkylation sites (N-methyl/N-ethyl adjacent to an activating group) is 1. The van der Waals surface area contributed by atoms with Crippen LogP contribution in [0.3, 0.4) is 0 Å². The molecule has 2 atom stereocenters. The second-order valence-corrected chi connectivity index (χ2v) is 9.84. The van der Waals surface area contributed by atoms with Crippen molar-refractivity contribution < 1.29 is 13.8 Å². The first-order valence-corrected chi connectivity index (χ1v) is 12.7. The number of fused-ring (bicyclic) bond motifs is 1. The molecule has 0 bridgehead atoms. The van der Waals surface area contributed by atoms with Crippen molar-refractivity contribution in [3.05, 3.63) is 63.8 Å². The normalized spacial score (nSPS) is 18.5. The van der Waals surface area contributed by atoms with Gasteiger partial charge in [-0.3, -0.25) is 4.34 Å². The van der Waals surface area contributed by atoms with Crippen LogP contribution in [0.15, 0.2) is 42.6 Å². The van der Waals surface area contributed by atoms with Crippen LogP contribution in [0.2, 0.25) is 10.0 Å². The van der Waals surface area contributed by atoms with Gasteiger partial charge in [-0.15, -0.1) is 0 Å². The Morgan fingerprint density at radius 3 is 2.50 bits per heavy atom. The van der Waals surface area contributed by atoms with Crippen molar-refractivity contribution in [2.24, 2.45) is 0 Å². The van der Waals surface area contributed by atoms with Gasteiger partial charge in [0, 0.05) is 34.6 Å². The zero-order valence-electron chi connectivity index (χ0n) is 19.3. The van der Waals surface area contributed by atoms with Gasteiger partial charge in [-0.05, 0) is 68.0 Å². The van der Waals surface area contributed by atoms with Crippen LogP contribution in [0.4, 0.5) is 0 Å². The molecule has 4 rings (SSSR count). The van der Waals surface area contributed by atoms with Gasteiger partial charge in [-0.1, -0.05) is 37.0 Å². The van der Waals surface area contributed by atoms with E-state index in [2.05, 4.69) is 41.7 Å². The molecule has 0 N–H and O–H groups in total. The number of ether oxygens (including phenoxy) is 1. The predicted octanol–water partition coefficient (Wildman–Crippen LogP) is 7.34. The molecule has 3 aromatic rings. The van der Waals surface area contributed by atoms with E-state index in [-0.39, 0.29) is 6.10 Å². The first-order valence-electron chi connectivity index (χ1n) is 10.8. The SMILES string of the molecule is CC.COc1ccc2c(c1)c(CCN(C)C)cn2P1OCCC(c2cc(Cl)cc(Cl)c2)O1. The van der Waals surface area contributed by atoms with Crippen molar-refractivity contribution >= 4 is 42.6 Å². The minimum absolute atomic E-state index is 0.109. The lowest BCUT2D eigenvalue weighted by Crippen LogP contribution is -2.15. The molecule has 0 spiro atoms. The number of methoxy groups -OCH3 is 1. The van der Waals surface area contributed by atoms with E-state index < -0.39 is 8.53 Å². The number of hydrogen-bond acceptors (Lipinski definition) is 4. The Hall–Kier alpha value is -1.33. The molecule has 174 valence electrons. The molecule has 1 saturated heterocycles. The summed E-state index contributed by atoms with van der Waals surface area (Å²) in [4.78, 5) is 2.18. The van der Waals surface area contributed by atoms with Gasteiger partial charge in [0.15, 0.2) is 0 Å². The topological polar surface area (TPSA) is 35.9 Å². The largest absolute Gasteiger partial charge is 0.497 e. The minimum atomic E-state index is -1.29. The summed E-state index contributed by atoms with van der Waals surface area (Å²) in [5.41, 5.74) is 3.31. The minimum Gasteiger partial charge on any atom is -0.497 e. The van der Waals surface area contributed by atoms with Gasteiger partial charge in [0.2, 0.25) is 0 Å². The van der Waals surface area contributed by atoms with Gasteiger partial charge in [0.05, 0.1) is 25.3 Å². The van der Waals surface area contributed by atoms with Crippen LogP contribution in [0.1, 0.15) is 37.5 Å². The average molecular weight is 497 g/mol. The third-order valence-corrected chi connectivity index (χ3v) is 7.09. The standard InChI is InChI=1S/C22H25Cl2N2O3P.C2H6/c1-25(2)8-6-15-14-26(21-5-4-19(27-3)13-20(15)21)30-28-9-7-22(29-30)16-10-17(23)12-18(24)11-16;1-2/h4-5,10-14,22H,6-9H2,1-3H3;1-2H3. The Morgan fingerprint density at radius 1 is 1.12 bits per heavy atom. The van der Waals surface area contributed by atoms with Gasteiger partial charge in [0.1, 0.15) is 5.75 Å². The molecule has 2 unspecified atom stereocenters. The van der Waals surface area contributed by atoms with Crippen LogP contribution in [0, 0.1) is 0 Å². The second kappa shape index (κ2) is 11.7. The first-order chi connectivity index (χ1) is 15.4. The fraction of sp³-hybridized carbons (Fsp3) is 0.417. The van der Waals surface area contributed by atoms with E-state index in [0.717, 1.165) is 36.2 Å². The summed E-state index contributed by atoms with van der Waals surface area (Å²) in [5.74, 6) is 0.844. The fourth-order valence-corrected chi connectivity index (χ4v) is 5.72. The molecule has 0 saturated carbocycles. The van der Waals surface area contributed by atoms with Crippen LogP contribution < -0.4 is 4.74 Å². The van der Waals surface area contributed by atoms with E-state index in [9.17, 15) is 0 Å². The Bertz CT molecular complexity index is 1020. The third kappa shape index (κ3) is 5.96. The van der Waals surface area contributed by atoms with E-state index in [1.807, 2.05) is 32.0 Å². The van der Waals surface area contributed by atoms with Crippen molar-refractivity contribution in [3.8, 4) is 5.75 Å². The molecule has 8 heteroatoms. The number of nitrogens with zero attached hydrogens (tertiary/aromatic N) is 2. The summed E-state index contributed by atoms with van der Waals surface area (Å²) in [6.45, 7) is 5.57. The zero-order valence-corrected chi connectivity index (χ0v) is 21.7. The number of halogens is 2. The number of rotatable bonds is 6. The summed E-state index contributed by atoms with van der Waals surface area (Å²) in [6, 6.07) is 11.7. The van der Waals surface area contributed by atoms with Gasteiger partial charge in [-0.2, -0.15) is 0 Å². The lowest BCUT2D eigenvalue weighted by Gasteiger charge is -2.30. The fourth-order valence-electron chi connectivity index (χ4n) is 3.60. The van der Waals surface area contributed by atoms with Gasteiger partial charge >= 0.3 is 0 Å². The summed E-state index contributed by atoms with van der Waals surface area (Å²) < 4.78 is 20.1.